The molecule has 4 aliphatic rings. The predicted molar refractivity (Wildman–Crippen MR) is 249 cm³/mol. The molecule has 1 amide bonds. The second-order valence-corrected chi connectivity index (χ2v) is 18.4. The van der Waals surface area contributed by atoms with Crippen LogP contribution < -0.4 is 5.32 Å². The van der Waals surface area contributed by atoms with Gasteiger partial charge in [-0.15, -0.1) is 0 Å². The van der Waals surface area contributed by atoms with Crippen LogP contribution in [0.15, 0.2) is 0 Å². The highest BCUT2D eigenvalue weighted by molar-refractivity contribution is 5.73. The molecule has 0 aromatic heterocycles. The molecule has 450 valence electrons. The topological polar surface area (TPSA) is 403 Å². The van der Waals surface area contributed by atoms with Gasteiger partial charge in [0.25, 0.3) is 0 Å². The second kappa shape index (κ2) is 29.7. The molecule has 80 heavy (non-hydrogen) atoms. The minimum absolute atomic E-state index is 0.683. The van der Waals surface area contributed by atoms with Crippen molar-refractivity contribution < 1.29 is 148 Å². The summed E-state index contributed by atoms with van der Waals surface area (Å²) in [4.78, 5) is 152. The van der Waals surface area contributed by atoms with Crippen LogP contribution in [0.2, 0.25) is 0 Å². The summed E-state index contributed by atoms with van der Waals surface area (Å²) in [6, 6.07) is -1.94. The van der Waals surface area contributed by atoms with Crippen molar-refractivity contribution in [3.8, 4) is 0 Å². The van der Waals surface area contributed by atoms with Gasteiger partial charge in [0, 0.05) is 83.1 Å². The molecule has 4 saturated heterocycles. The number of carbonyl (C=O) groups excluding carboxylic acids is 12. The van der Waals surface area contributed by atoms with Gasteiger partial charge in [0.2, 0.25) is 5.91 Å². The summed E-state index contributed by atoms with van der Waals surface area (Å²) in [6.45, 7) is 10.7. The minimum Gasteiger partial charge on any atom is -0.463 e. The highest BCUT2D eigenvalue weighted by Crippen LogP contribution is 2.39. The number of carbonyl (C=O) groups is 12. The summed E-state index contributed by atoms with van der Waals surface area (Å²) in [7, 11) is 0. The maximum Gasteiger partial charge on any atom is 0.303 e. The van der Waals surface area contributed by atoms with Gasteiger partial charge in [0.1, 0.15) is 56.4 Å². The lowest BCUT2D eigenvalue weighted by molar-refractivity contribution is -0.387. The van der Waals surface area contributed by atoms with Gasteiger partial charge in [-0.2, -0.15) is 0 Å². The largest absolute Gasteiger partial charge is 0.463 e. The fourth-order valence-electron chi connectivity index (χ4n) is 8.94. The van der Waals surface area contributed by atoms with Crippen LogP contribution in [-0.4, -0.2) is 219 Å². The maximum atomic E-state index is 13.5. The van der Waals surface area contributed by atoms with Crippen LogP contribution in [0.5, 0.6) is 0 Å². The summed E-state index contributed by atoms with van der Waals surface area (Å²) < 4.78 is 105. The number of esters is 11. The molecule has 20 atom stereocenters. The van der Waals surface area contributed by atoms with Crippen molar-refractivity contribution in [1.82, 2.24) is 5.32 Å². The maximum absolute atomic E-state index is 13.5. The van der Waals surface area contributed by atoms with Gasteiger partial charge in [-0.05, 0) is 6.92 Å². The molecule has 0 aromatic carbocycles. The van der Waals surface area contributed by atoms with Gasteiger partial charge < -0.3 is 95.7 Å². The van der Waals surface area contributed by atoms with Crippen LogP contribution in [0.25, 0.3) is 0 Å². The number of ether oxygens (including phenoxy) is 18. The summed E-state index contributed by atoms with van der Waals surface area (Å²) in [5.41, 5.74) is 0. The quantitative estimate of drug-likeness (QED) is 0.0901. The number of rotatable bonds is 21. The van der Waals surface area contributed by atoms with Crippen LogP contribution >= 0.6 is 0 Å². The molecule has 4 heterocycles. The first kappa shape index (κ1) is 65.8. The highest BCUT2D eigenvalue weighted by atomic mass is 16.8. The Morgan fingerprint density at radius 3 is 1.04 bits per heavy atom. The zero-order valence-corrected chi connectivity index (χ0v) is 45.9. The smallest absolute Gasteiger partial charge is 0.303 e. The van der Waals surface area contributed by atoms with Crippen molar-refractivity contribution in [2.24, 2.45) is 0 Å². The van der Waals surface area contributed by atoms with E-state index in [1.54, 1.807) is 0 Å². The first-order valence-electron chi connectivity index (χ1n) is 24.7. The van der Waals surface area contributed by atoms with E-state index in [4.69, 9.17) is 85.3 Å². The molecule has 4 rings (SSSR count). The molecule has 0 bridgehead atoms. The number of nitrogens with one attached hydrogen (secondary N) is 1. The molecule has 19 unspecified atom stereocenters. The van der Waals surface area contributed by atoms with E-state index in [-0.39, 0.29) is 0 Å². The van der Waals surface area contributed by atoms with Crippen molar-refractivity contribution in [2.45, 2.75) is 213 Å². The Bertz CT molecular complexity index is 2270. The molecule has 4 aliphatic heterocycles. The number of aliphatic hydroxyl groups is 1. The number of hydrogen-bond acceptors (Lipinski definition) is 31. The Morgan fingerprint density at radius 2 is 0.637 bits per heavy atom. The molecule has 4 fully saturated rings. The molecule has 0 saturated carbocycles. The minimum atomic E-state index is -2.23. The summed E-state index contributed by atoms with van der Waals surface area (Å²) in [6.07, 6.45) is -35.4. The average molecular weight is 1150 g/mol. The first-order valence-corrected chi connectivity index (χ1v) is 24.7. The zero-order chi connectivity index (χ0) is 60.0. The second-order valence-electron chi connectivity index (χ2n) is 18.4. The summed E-state index contributed by atoms with van der Waals surface area (Å²) in [5.74, 6) is -11.7. The van der Waals surface area contributed by atoms with Gasteiger partial charge in [0.15, 0.2) is 80.1 Å². The van der Waals surface area contributed by atoms with E-state index in [9.17, 15) is 62.6 Å². The third-order valence-electron chi connectivity index (χ3n) is 11.6. The molecule has 32 heteroatoms. The Balaban J connectivity index is 2.08. The number of hydrogen-bond donors (Lipinski definition) is 2. The lowest BCUT2D eigenvalue weighted by atomic mass is 9.93. The van der Waals surface area contributed by atoms with E-state index >= 15 is 0 Å². The molecule has 0 aliphatic carbocycles. The fourth-order valence-corrected chi connectivity index (χ4v) is 8.94. The Hall–Kier alpha value is -6.68. The Morgan fingerprint density at radius 1 is 0.338 bits per heavy atom. The molecular formula is C48H67NO31. The Labute approximate surface area is 456 Å². The van der Waals surface area contributed by atoms with E-state index in [0.29, 0.717) is 0 Å². The van der Waals surface area contributed by atoms with Crippen LogP contribution in [-0.2, 0) is 143 Å². The monoisotopic (exact) mass is 1150 g/mol. The van der Waals surface area contributed by atoms with E-state index < -0.39 is 214 Å². The van der Waals surface area contributed by atoms with Gasteiger partial charge in [-0.3, -0.25) is 57.5 Å². The van der Waals surface area contributed by atoms with Gasteiger partial charge in [-0.25, -0.2) is 0 Å². The van der Waals surface area contributed by atoms with Crippen molar-refractivity contribution in [3.05, 3.63) is 0 Å². The molecule has 0 spiro atoms. The van der Waals surface area contributed by atoms with Gasteiger partial charge in [-0.1, -0.05) is 0 Å². The lowest BCUT2D eigenvalue weighted by Crippen LogP contribution is -2.71. The molecule has 0 radical (unpaired) electrons. The van der Waals surface area contributed by atoms with Crippen molar-refractivity contribution in [2.75, 3.05) is 19.8 Å². The van der Waals surface area contributed by atoms with E-state index in [1.165, 1.54) is 6.92 Å². The van der Waals surface area contributed by atoms with Crippen LogP contribution in [0.1, 0.15) is 90.0 Å². The van der Waals surface area contributed by atoms with Gasteiger partial charge in [0.05, 0.1) is 6.10 Å². The van der Waals surface area contributed by atoms with Gasteiger partial charge >= 0.3 is 65.7 Å². The van der Waals surface area contributed by atoms with Crippen LogP contribution in [0.3, 0.4) is 0 Å². The van der Waals surface area contributed by atoms with E-state index in [1.807, 2.05) is 0 Å². The summed E-state index contributed by atoms with van der Waals surface area (Å²) >= 11 is 0. The van der Waals surface area contributed by atoms with Crippen molar-refractivity contribution >= 4 is 71.6 Å². The molecular weight excluding hydrogens is 1090 g/mol. The van der Waals surface area contributed by atoms with Crippen molar-refractivity contribution in [3.63, 3.8) is 0 Å². The molecule has 32 nitrogen and oxygen atoms in total. The number of aliphatic hydroxyl groups excluding tert-OH is 1. The van der Waals surface area contributed by atoms with Crippen LogP contribution in [0.4, 0.5) is 0 Å². The van der Waals surface area contributed by atoms with E-state index in [2.05, 4.69) is 5.32 Å². The normalized spacial score (nSPS) is 33.8. The highest BCUT2D eigenvalue weighted by Gasteiger charge is 2.61. The molecule has 0 aromatic rings. The lowest BCUT2D eigenvalue weighted by Gasteiger charge is -2.52. The molecule has 2 N–H and O–H groups in total. The van der Waals surface area contributed by atoms with Crippen LogP contribution in [0, 0.1) is 0 Å². The standard InChI is InChI=1S/C48H67NO31/c1-17-34(67-22(6)54)39(70-25(9)57)43(73-28(12)60)47(66-17)79-38-33(49-18(2)50)46(80-42-40(71-26(10)58)36(68-23(7)55)30(75-45(42)62)14-63-19(3)51)76-31(15-64-20(4)52)35(38)78-48-44(74-29(13)61)41(72-27(11)59)37(69-24(8)56)32(77-48)16-65-21(5)53/h17,30-48,62H,14-16H2,1-13H3,(H,49,50)/t17?,30?,31?,32?,33?,34?,35?,36?,37-,38?,39?,40?,41?,42?,43?,44?,45?,46?,47?,48?/m0/s1. The predicted octanol–water partition coefficient (Wildman–Crippen LogP) is -2.30. The SMILES string of the molecule is CC(=O)NC1C(OC2C(O)OC(COC(C)=O)C(OC(C)=O)C2OC(C)=O)OC(COC(C)=O)C(OC2OC(COC(C)=O)[C@H](OC(C)=O)C(OC(C)=O)C2OC(C)=O)C1OC1OC(C)C(OC(C)=O)C(OC(C)=O)C1OC(C)=O. The van der Waals surface area contributed by atoms with Crippen molar-refractivity contribution in [1.29, 1.82) is 0 Å². The first-order chi connectivity index (χ1) is 37.4. The zero-order valence-electron chi connectivity index (χ0n) is 45.9. The van der Waals surface area contributed by atoms with E-state index in [0.717, 1.165) is 83.1 Å². The summed E-state index contributed by atoms with van der Waals surface area (Å²) in [5, 5.41) is 14.2. The average Bonchev–Trinajstić information content (AvgIpc) is 3.36. The fraction of sp³-hybridized carbons (Fsp3) is 0.750. The Kier molecular flexibility index (Phi) is 24.4. The third kappa shape index (κ3) is 19.0. The number of amides is 1. The third-order valence-corrected chi connectivity index (χ3v) is 11.6.